The van der Waals surface area contributed by atoms with Crippen molar-refractivity contribution in [2.45, 2.75) is 88.0 Å². The molecule has 0 N–H and O–H groups in total. The van der Waals surface area contributed by atoms with Crippen molar-refractivity contribution in [3.8, 4) is 135 Å². The number of nitrogens with zero attached hydrogens (tertiary/aromatic N) is 8. The monoisotopic (exact) mass is 2520 g/mol. The smallest absolute Gasteiger partial charge is 0.126 e. The summed E-state index contributed by atoms with van der Waals surface area (Å²) in [7, 11) is 0. The van der Waals surface area contributed by atoms with E-state index in [1.165, 1.54) is 66.8 Å². The minimum atomic E-state index is -0.133. The number of aromatic nitrogens is 8. The molecule has 0 saturated heterocycles. The second kappa shape index (κ2) is 58.2. The molecule has 0 fully saturated rings. The van der Waals surface area contributed by atoms with Crippen LogP contribution in [-0.4, -0.2) is 39.9 Å². The molecule has 8 aromatic heterocycles. The number of aryl methyl sites for hydroxylation is 6. The summed E-state index contributed by atoms with van der Waals surface area (Å²) in [5.41, 5.74) is 34.6. The Balaban J connectivity index is 0.000000179. The largest absolute Gasteiger partial charge is 0.304 e. The molecule has 0 aliphatic heterocycles. The molecule has 0 bridgehead atoms. The Labute approximate surface area is 876 Å². The normalized spacial score (nSPS) is 10.1. The Hall–Kier alpha value is -13.6. The van der Waals surface area contributed by atoms with E-state index in [1.807, 2.05) is 326 Å². The minimum absolute atomic E-state index is 0. The van der Waals surface area contributed by atoms with Gasteiger partial charge in [0, 0.05) is 130 Å². The fourth-order valence-electron chi connectivity index (χ4n) is 14.4. The first-order valence-electron chi connectivity index (χ1n) is 45.4. The summed E-state index contributed by atoms with van der Waals surface area (Å²) in [6.45, 7) is 21.1. The van der Waals surface area contributed by atoms with Gasteiger partial charge < -0.3 is 39.9 Å². The number of benzene rings is 12. The van der Waals surface area contributed by atoms with Crippen LogP contribution in [0.4, 0.5) is 4.39 Å². The molecule has 4 radical (unpaired) electrons. The van der Waals surface area contributed by atoms with Crippen LogP contribution < -0.4 is 0 Å². The maximum Gasteiger partial charge on any atom is 0.126 e. The van der Waals surface area contributed by atoms with Crippen molar-refractivity contribution in [2.24, 2.45) is 5.92 Å². The summed E-state index contributed by atoms with van der Waals surface area (Å²) >= 11 is 0. The summed E-state index contributed by atoms with van der Waals surface area (Å²) in [6.07, 6.45) is 16.9. The molecule has 0 unspecified atom stereocenters. The van der Waals surface area contributed by atoms with E-state index in [0.717, 1.165) is 125 Å². The van der Waals surface area contributed by atoms with Crippen LogP contribution in [0, 0.1) is 94.9 Å². The molecular formula is C126H107FIr4N8-8. The SMILES string of the molecule is CC(C)Cc1cc(-c2ccc(-c3[c-]cccc3)nc2)ccc1F.CC(C)c1ccccc1-c1ccc(-c2[c-]cccc2)nc1.CCc1ccccc1-c1ccc(-c2[c-]cccc2)nc1.Cc1ccc(-c2[c-]cccc2)nc1.Cc1ccc(-c2[c-]cccc2)nc1.Cc1ccc(-c2[c-]cccc2)nc1.Cc1ccc(-c2[c-]cccc2)nc1.Cc1ccccc1-c1ccc(-c2[c-]cccc2)nc1.[Ir].[Ir].[Ir].[Ir]. The maximum absolute atomic E-state index is 13.9. The zero-order chi connectivity index (χ0) is 94.1. The molecule has 8 nitrogen and oxygen atoms in total. The third-order valence-corrected chi connectivity index (χ3v) is 21.6. The Morgan fingerprint density at radius 2 is 0.489 bits per heavy atom. The van der Waals surface area contributed by atoms with Crippen LogP contribution in [0.3, 0.4) is 0 Å². The quantitative estimate of drug-likeness (QED) is 0.0882. The zero-order valence-electron chi connectivity index (χ0n) is 79.3. The molecule has 8 heterocycles. The van der Waals surface area contributed by atoms with Crippen molar-refractivity contribution in [2.75, 3.05) is 0 Å². The van der Waals surface area contributed by atoms with Crippen molar-refractivity contribution in [1.82, 2.24) is 39.9 Å². The van der Waals surface area contributed by atoms with Crippen LogP contribution in [-0.2, 0) is 93.3 Å². The van der Waals surface area contributed by atoms with E-state index < -0.39 is 0 Å². The molecular weight excluding hydrogens is 2410 g/mol. The van der Waals surface area contributed by atoms with E-state index in [-0.39, 0.29) is 86.2 Å². The third kappa shape index (κ3) is 33.9. The van der Waals surface area contributed by atoms with Gasteiger partial charge in [0.25, 0.3) is 0 Å². The summed E-state index contributed by atoms with van der Waals surface area (Å²) in [5.74, 6) is 0.795. The van der Waals surface area contributed by atoms with Gasteiger partial charge in [0.2, 0.25) is 0 Å². The molecule has 0 aliphatic carbocycles. The predicted molar refractivity (Wildman–Crippen MR) is 555 cm³/mol. The Kier molecular flexibility index (Phi) is 45.6. The van der Waals surface area contributed by atoms with Crippen LogP contribution in [0.5, 0.6) is 0 Å². The maximum atomic E-state index is 13.9. The first-order chi connectivity index (χ1) is 66.1. The molecule has 0 spiro atoms. The van der Waals surface area contributed by atoms with Gasteiger partial charge in [0.05, 0.1) is 0 Å². The van der Waals surface area contributed by atoms with E-state index >= 15 is 0 Å². The van der Waals surface area contributed by atoms with Gasteiger partial charge in [-0.25, -0.2) is 4.39 Å². The second-order valence-electron chi connectivity index (χ2n) is 32.8. The van der Waals surface area contributed by atoms with Gasteiger partial charge in [0.1, 0.15) is 5.82 Å². The summed E-state index contributed by atoms with van der Waals surface area (Å²) in [4.78, 5) is 35.5. The summed E-state index contributed by atoms with van der Waals surface area (Å²) in [5, 5.41) is 0. The van der Waals surface area contributed by atoms with Gasteiger partial charge in [-0.15, -0.1) is 287 Å². The molecule has 0 saturated carbocycles. The molecule has 702 valence electrons. The molecule has 0 aliphatic rings. The number of halogens is 1. The van der Waals surface area contributed by atoms with Crippen molar-refractivity contribution in [3.05, 3.63) is 531 Å². The van der Waals surface area contributed by atoms with Crippen molar-refractivity contribution < 1.29 is 84.8 Å². The first kappa shape index (κ1) is 109. The number of hydrogen-bond donors (Lipinski definition) is 0. The Morgan fingerprint density at radius 1 is 0.237 bits per heavy atom. The zero-order valence-corrected chi connectivity index (χ0v) is 88.9. The molecule has 13 heteroatoms. The molecule has 20 aromatic rings. The van der Waals surface area contributed by atoms with E-state index in [2.05, 4.69) is 257 Å². The van der Waals surface area contributed by atoms with Gasteiger partial charge in [-0.3, -0.25) is 0 Å². The van der Waals surface area contributed by atoms with E-state index in [0.29, 0.717) is 11.8 Å². The van der Waals surface area contributed by atoms with Gasteiger partial charge in [-0.2, -0.15) is 0 Å². The van der Waals surface area contributed by atoms with Gasteiger partial charge in [-0.05, 0) is 206 Å². The Bertz CT molecular complexity index is 6550. The molecule has 139 heavy (non-hydrogen) atoms. The second-order valence-corrected chi connectivity index (χ2v) is 32.8. The fourth-order valence-corrected chi connectivity index (χ4v) is 14.4. The topological polar surface area (TPSA) is 103 Å². The standard InChI is InChI=1S/C21H19FN.C20H18N.C19H16N.C18H14N.4C12H10N.4Ir/c1-15(2)12-19-13-17(8-10-20(19)22)18-9-11-21(23-14-18)16-6-4-3-5-7-16;1-15(2)18-10-6-7-11-19(18)17-12-13-20(21-14-17)16-8-4-3-5-9-16;1-2-15-8-6-7-11-18(15)17-12-13-19(20-14-17)16-9-4-3-5-10-16;1-14-7-5-6-10-17(14)16-11-12-18(19-13-16)15-8-3-2-4-9-15;4*1-10-7-8-12(13-9-10)11-5-3-2-4-6-11;;;;/h3-6,8-11,13-15H,12H2,1-2H3;3-8,10-15H,1-2H3;3-9,11-14H,2H2,1H3;2-8,10-13H,1H3;4*2-5,7-9H,1H3;;;;/q8*-1;;;;. The predicted octanol–water partition coefficient (Wildman–Crippen LogP) is 31.6. The van der Waals surface area contributed by atoms with E-state index in [9.17, 15) is 4.39 Å². The molecule has 20 rings (SSSR count). The summed E-state index contributed by atoms with van der Waals surface area (Å²) < 4.78 is 13.9. The summed E-state index contributed by atoms with van der Waals surface area (Å²) in [6, 6.07) is 152. The minimum Gasteiger partial charge on any atom is -0.304 e. The van der Waals surface area contributed by atoms with Crippen LogP contribution >= 0.6 is 0 Å². The van der Waals surface area contributed by atoms with Crippen molar-refractivity contribution in [1.29, 1.82) is 0 Å². The fraction of sp³-hybridized carbons (Fsp3) is 0.111. The average Bonchev–Trinajstić information content (AvgIpc) is 0.821. The first-order valence-corrected chi connectivity index (χ1v) is 45.4. The third-order valence-electron chi connectivity index (χ3n) is 21.6. The molecule has 0 atom stereocenters. The van der Waals surface area contributed by atoms with Gasteiger partial charge >= 0.3 is 0 Å². The van der Waals surface area contributed by atoms with Crippen LogP contribution in [0.15, 0.2) is 432 Å². The van der Waals surface area contributed by atoms with E-state index in [1.54, 1.807) is 6.07 Å². The molecule has 0 amide bonds. The average molecular weight is 2520 g/mol. The van der Waals surface area contributed by atoms with Crippen LogP contribution in [0.1, 0.15) is 85.0 Å². The van der Waals surface area contributed by atoms with Gasteiger partial charge in [0.15, 0.2) is 0 Å². The number of rotatable bonds is 16. The molecule has 12 aromatic carbocycles. The van der Waals surface area contributed by atoms with E-state index in [4.69, 9.17) is 0 Å². The van der Waals surface area contributed by atoms with Crippen molar-refractivity contribution in [3.63, 3.8) is 0 Å². The van der Waals surface area contributed by atoms with Crippen LogP contribution in [0.2, 0.25) is 0 Å². The number of hydrogen-bond acceptors (Lipinski definition) is 8. The Morgan fingerprint density at radius 3 is 0.755 bits per heavy atom. The van der Waals surface area contributed by atoms with Crippen LogP contribution in [0.25, 0.3) is 135 Å². The van der Waals surface area contributed by atoms with Gasteiger partial charge in [-0.1, -0.05) is 211 Å². The van der Waals surface area contributed by atoms with Crippen molar-refractivity contribution >= 4 is 0 Å². The number of pyridine rings is 8.